The number of piperidine rings is 1. The maximum Gasteiger partial charge on any atom is 0.423 e. The van der Waals surface area contributed by atoms with Crippen LogP contribution in [0.25, 0.3) is 0 Å². The first-order chi connectivity index (χ1) is 17.1. The summed E-state index contributed by atoms with van der Waals surface area (Å²) in [4.78, 5) is 28.3. The number of hydrogen-bond acceptors (Lipinski definition) is 6. The van der Waals surface area contributed by atoms with Crippen LogP contribution >= 0.6 is 11.6 Å². The molecule has 2 aromatic rings. The van der Waals surface area contributed by atoms with Gasteiger partial charge in [0.1, 0.15) is 12.2 Å². The summed E-state index contributed by atoms with van der Waals surface area (Å²) < 4.78 is 45.7. The number of piperazine rings is 1. The number of rotatable bonds is 6. The maximum atomic E-state index is 13.3. The maximum absolute atomic E-state index is 13.3. The van der Waals surface area contributed by atoms with Crippen LogP contribution in [0, 0.1) is 10.1 Å². The van der Waals surface area contributed by atoms with Crippen LogP contribution in [-0.2, 0) is 15.7 Å². The fourth-order valence-corrected chi connectivity index (χ4v) is 4.66. The van der Waals surface area contributed by atoms with Crippen molar-refractivity contribution in [1.29, 1.82) is 0 Å². The number of hydrogen-bond donors (Lipinski definition) is 0. The Bertz CT molecular complexity index is 1080. The molecule has 2 aromatic carbocycles. The first-order valence-electron chi connectivity index (χ1n) is 11.6. The zero-order valence-electron chi connectivity index (χ0n) is 19.4. The molecular formula is C24H26ClF3N4O4. The van der Waals surface area contributed by atoms with Gasteiger partial charge in [0.25, 0.3) is 5.69 Å². The van der Waals surface area contributed by atoms with Gasteiger partial charge >= 0.3 is 6.18 Å². The summed E-state index contributed by atoms with van der Waals surface area (Å²) in [5.74, 6) is -0.0848. The monoisotopic (exact) mass is 526 g/mol. The number of nitrogens with zero attached hydrogens (tertiary/aromatic N) is 4. The second-order valence-corrected chi connectivity index (χ2v) is 9.23. The van der Waals surface area contributed by atoms with Gasteiger partial charge < -0.3 is 19.4 Å². The quantitative estimate of drug-likeness (QED) is 0.404. The van der Waals surface area contributed by atoms with Gasteiger partial charge in [-0.05, 0) is 49.2 Å². The zero-order valence-corrected chi connectivity index (χ0v) is 20.2. The molecule has 2 saturated heterocycles. The summed E-state index contributed by atoms with van der Waals surface area (Å²) >= 11 is 5.94. The Morgan fingerprint density at radius 3 is 2.14 bits per heavy atom. The van der Waals surface area contributed by atoms with E-state index in [1.165, 1.54) is 6.07 Å². The van der Waals surface area contributed by atoms with Crippen LogP contribution in [0.5, 0.6) is 0 Å². The topological polar surface area (TPSA) is 79.2 Å². The van der Waals surface area contributed by atoms with Gasteiger partial charge in [0.2, 0.25) is 5.91 Å². The molecule has 0 unspecified atom stereocenters. The van der Waals surface area contributed by atoms with Crippen molar-refractivity contribution < 1.29 is 27.6 Å². The number of carbonyl (C=O) groups excluding carboxylic acids is 1. The first kappa shape index (κ1) is 26.0. The minimum absolute atomic E-state index is 0.0403. The Morgan fingerprint density at radius 1 is 0.972 bits per heavy atom. The smallest absolute Gasteiger partial charge is 0.371 e. The molecule has 36 heavy (non-hydrogen) atoms. The van der Waals surface area contributed by atoms with Crippen LogP contribution in [0.3, 0.4) is 0 Å². The van der Waals surface area contributed by atoms with Crippen molar-refractivity contribution in [3.63, 3.8) is 0 Å². The minimum Gasteiger partial charge on any atom is -0.371 e. The van der Waals surface area contributed by atoms with Crippen LogP contribution in [0.4, 0.5) is 30.2 Å². The Morgan fingerprint density at radius 2 is 1.56 bits per heavy atom. The second-order valence-electron chi connectivity index (χ2n) is 8.80. The lowest BCUT2D eigenvalue weighted by Gasteiger charge is -2.37. The number of amides is 1. The molecule has 0 atom stereocenters. The van der Waals surface area contributed by atoms with Crippen LogP contribution < -0.4 is 9.80 Å². The van der Waals surface area contributed by atoms with E-state index < -0.39 is 22.4 Å². The molecular weight excluding hydrogens is 501 g/mol. The Balaban J connectivity index is 1.24. The molecule has 0 aromatic heterocycles. The van der Waals surface area contributed by atoms with Gasteiger partial charge in [-0.3, -0.25) is 14.9 Å². The number of nitro benzene ring substituents is 1. The Hall–Kier alpha value is -3.05. The van der Waals surface area contributed by atoms with E-state index in [0.717, 1.165) is 17.8 Å². The molecule has 194 valence electrons. The first-order valence-corrected chi connectivity index (χ1v) is 12.0. The van der Waals surface area contributed by atoms with E-state index in [9.17, 15) is 28.1 Å². The fraction of sp³-hybridized carbons (Fsp3) is 0.458. The van der Waals surface area contributed by atoms with E-state index in [-0.39, 0.29) is 24.3 Å². The molecule has 2 aliphatic rings. The van der Waals surface area contributed by atoms with E-state index >= 15 is 0 Å². The highest BCUT2D eigenvalue weighted by Gasteiger charge is 2.39. The number of nitro groups is 1. The third-order valence-electron chi connectivity index (χ3n) is 6.56. The number of alkyl halides is 3. The van der Waals surface area contributed by atoms with Crippen molar-refractivity contribution in [2.45, 2.75) is 25.1 Å². The van der Waals surface area contributed by atoms with Gasteiger partial charge in [0, 0.05) is 61.7 Å². The fourth-order valence-electron chi connectivity index (χ4n) is 4.53. The summed E-state index contributed by atoms with van der Waals surface area (Å²) in [6.45, 7) is 3.40. The summed E-state index contributed by atoms with van der Waals surface area (Å²) in [5.41, 5.74) is -0.881. The predicted octanol–water partition coefficient (Wildman–Crippen LogP) is 4.60. The third kappa shape index (κ3) is 6.19. The van der Waals surface area contributed by atoms with Crippen LogP contribution in [0.15, 0.2) is 42.5 Å². The highest BCUT2D eigenvalue weighted by Crippen LogP contribution is 2.38. The third-order valence-corrected chi connectivity index (χ3v) is 6.81. The number of anilines is 2. The summed E-state index contributed by atoms with van der Waals surface area (Å²) in [5, 5.41) is 11.6. The molecule has 0 bridgehead atoms. The van der Waals surface area contributed by atoms with E-state index in [2.05, 4.69) is 4.90 Å². The molecule has 2 aliphatic heterocycles. The van der Waals surface area contributed by atoms with Crippen molar-refractivity contribution in [3.8, 4) is 0 Å². The Kier molecular flexibility index (Phi) is 7.89. The molecule has 0 N–H and O–H groups in total. The molecule has 2 fully saturated rings. The average Bonchev–Trinajstić information content (AvgIpc) is 2.87. The van der Waals surface area contributed by atoms with E-state index in [0.29, 0.717) is 57.1 Å². The lowest BCUT2D eigenvalue weighted by atomic mass is 10.1. The van der Waals surface area contributed by atoms with Crippen molar-refractivity contribution in [1.82, 2.24) is 4.90 Å². The van der Waals surface area contributed by atoms with Gasteiger partial charge in [-0.15, -0.1) is 0 Å². The van der Waals surface area contributed by atoms with E-state index in [4.69, 9.17) is 16.3 Å². The largest absolute Gasteiger partial charge is 0.423 e. The van der Waals surface area contributed by atoms with Gasteiger partial charge in [0.05, 0.1) is 11.0 Å². The average molecular weight is 527 g/mol. The van der Waals surface area contributed by atoms with Crippen LogP contribution in [-0.4, -0.2) is 67.7 Å². The van der Waals surface area contributed by atoms with Crippen molar-refractivity contribution >= 4 is 34.6 Å². The highest BCUT2D eigenvalue weighted by molar-refractivity contribution is 6.30. The number of carbonyl (C=O) groups is 1. The molecule has 1 amide bonds. The number of halogens is 4. The minimum atomic E-state index is -4.82. The SMILES string of the molecule is O=C(COC1CCN(c2ccc([N+](=O)[O-])c(C(F)(F)F)c2)CC1)N1CCN(c2ccc(Cl)cc2)CC1. The standard InChI is InChI=1S/C24H26ClF3N4O4/c25-17-1-3-18(4-2-17)30-11-13-31(14-12-30)23(33)16-36-20-7-9-29(10-8-20)19-5-6-22(32(34)35)21(15-19)24(26,27)28/h1-6,15,20H,7-14,16H2. The molecule has 2 heterocycles. The van der Waals surface area contributed by atoms with Gasteiger partial charge in [-0.2, -0.15) is 13.2 Å². The van der Waals surface area contributed by atoms with E-state index in [1.807, 2.05) is 24.3 Å². The molecule has 0 saturated carbocycles. The lowest BCUT2D eigenvalue weighted by Crippen LogP contribution is -2.50. The van der Waals surface area contributed by atoms with Gasteiger partial charge in [-0.1, -0.05) is 11.6 Å². The predicted molar refractivity (Wildman–Crippen MR) is 130 cm³/mol. The number of benzene rings is 2. The summed E-state index contributed by atoms with van der Waals surface area (Å²) in [6.07, 6.45) is -3.92. The molecule has 12 heteroatoms. The van der Waals surface area contributed by atoms with Crippen molar-refractivity contribution in [3.05, 3.63) is 63.2 Å². The summed E-state index contributed by atoms with van der Waals surface area (Å²) in [7, 11) is 0. The lowest BCUT2D eigenvalue weighted by molar-refractivity contribution is -0.388. The summed E-state index contributed by atoms with van der Waals surface area (Å²) in [6, 6.07) is 10.6. The van der Waals surface area contributed by atoms with Crippen molar-refractivity contribution in [2.24, 2.45) is 0 Å². The van der Waals surface area contributed by atoms with Gasteiger partial charge in [0.15, 0.2) is 0 Å². The molecule has 8 nitrogen and oxygen atoms in total. The normalized spacial score (nSPS) is 17.4. The zero-order chi connectivity index (χ0) is 25.9. The van der Waals surface area contributed by atoms with Gasteiger partial charge in [-0.25, -0.2) is 0 Å². The van der Waals surface area contributed by atoms with E-state index in [1.54, 1.807) is 9.80 Å². The second kappa shape index (κ2) is 10.9. The molecule has 0 aliphatic carbocycles. The molecule has 4 rings (SSSR count). The number of ether oxygens (including phenoxy) is 1. The van der Waals surface area contributed by atoms with Crippen LogP contribution in [0.2, 0.25) is 5.02 Å². The molecule has 0 spiro atoms. The van der Waals surface area contributed by atoms with Crippen molar-refractivity contribution in [2.75, 3.05) is 55.7 Å². The highest BCUT2D eigenvalue weighted by atomic mass is 35.5. The molecule has 0 radical (unpaired) electrons. The van der Waals surface area contributed by atoms with Crippen LogP contribution in [0.1, 0.15) is 18.4 Å². The Labute approximate surface area is 211 Å².